The van der Waals surface area contributed by atoms with Crippen LogP contribution in [0.25, 0.3) is 11.3 Å². The molecule has 1 amide bonds. The second-order valence-corrected chi connectivity index (χ2v) is 9.88. The number of hydrogen-bond donors (Lipinski definition) is 1. The molecular weight excluding hydrogens is 425 g/mol. The number of carbonyl (C=O) groups excluding carboxylic acids is 1. The van der Waals surface area contributed by atoms with Gasteiger partial charge in [0.25, 0.3) is 5.91 Å². The van der Waals surface area contributed by atoms with Crippen LogP contribution in [-0.4, -0.2) is 36.7 Å². The summed E-state index contributed by atoms with van der Waals surface area (Å²) >= 11 is 1.24. The third-order valence-electron chi connectivity index (χ3n) is 5.02. The van der Waals surface area contributed by atoms with Crippen LogP contribution in [0.4, 0.5) is 9.52 Å². The molecule has 0 atom stereocenters. The summed E-state index contributed by atoms with van der Waals surface area (Å²) in [5.41, 5.74) is 2.32. The Hall–Kier alpha value is -2.62. The van der Waals surface area contributed by atoms with Crippen LogP contribution in [0.2, 0.25) is 0 Å². The molecule has 0 saturated carbocycles. The minimum atomic E-state index is -3.61. The van der Waals surface area contributed by atoms with Crippen molar-refractivity contribution in [2.75, 3.05) is 18.4 Å². The van der Waals surface area contributed by atoms with Gasteiger partial charge in [-0.1, -0.05) is 6.07 Å². The number of nitrogens with zero attached hydrogens (tertiary/aromatic N) is 2. The monoisotopic (exact) mass is 445 g/mol. The number of hydrogen-bond acceptors (Lipinski definition) is 5. The van der Waals surface area contributed by atoms with Gasteiger partial charge in [0.05, 0.1) is 10.6 Å². The molecule has 1 aliphatic rings. The lowest BCUT2D eigenvalue weighted by Crippen LogP contribution is -2.28. The van der Waals surface area contributed by atoms with Gasteiger partial charge in [0.15, 0.2) is 5.13 Å². The lowest BCUT2D eigenvalue weighted by molar-refractivity contribution is 0.102. The standard InChI is InChI=1S/C21H20FN3O3S2/c1-14-4-9-17(30(27,28)25-10-2-3-11-25)12-18(14)20(26)24-21-23-19(13-29-21)15-5-7-16(22)8-6-15/h4-9,12-13H,2-3,10-11H2,1H3,(H,23,24,26). The Morgan fingerprint density at radius 2 is 1.83 bits per heavy atom. The zero-order valence-corrected chi connectivity index (χ0v) is 17.9. The second-order valence-electron chi connectivity index (χ2n) is 7.09. The highest BCUT2D eigenvalue weighted by Crippen LogP contribution is 2.27. The van der Waals surface area contributed by atoms with Gasteiger partial charge in [-0.05, 0) is 61.7 Å². The number of rotatable bonds is 5. The van der Waals surface area contributed by atoms with E-state index in [-0.39, 0.29) is 16.3 Å². The first-order valence-electron chi connectivity index (χ1n) is 9.48. The Kier molecular flexibility index (Phi) is 5.68. The van der Waals surface area contributed by atoms with E-state index < -0.39 is 15.9 Å². The lowest BCUT2D eigenvalue weighted by Gasteiger charge is -2.16. The molecule has 9 heteroatoms. The van der Waals surface area contributed by atoms with Crippen LogP contribution >= 0.6 is 11.3 Å². The maximum atomic E-state index is 13.1. The largest absolute Gasteiger partial charge is 0.298 e. The molecule has 4 rings (SSSR count). The Balaban J connectivity index is 1.56. The number of nitrogens with one attached hydrogen (secondary N) is 1. The SMILES string of the molecule is Cc1ccc(S(=O)(=O)N2CCCC2)cc1C(=O)Nc1nc(-c2ccc(F)cc2)cs1. The summed E-state index contributed by atoms with van der Waals surface area (Å²) in [7, 11) is -3.61. The minimum Gasteiger partial charge on any atom is -0.298 e. The molecule has 2 heterocycles. The third kappa shape index (κ3) is 4.14. The van der Waals surface area contributed by atoms with Crippen LogP contribution in [0.1, 0.15) is 28.8 Å². The van der Waals surface area contributed by atoms with Gasteiger partial charge in [0.1, 0.15) is 5.82 Å². The van der Waals surface area contributed by atoms with Crippen molar-refractivity contribution in [3.63, 3.8) is 0 Å². The van der Waals surface area contributed by atoms with E-state index >= 15 is 0 Å². The maximum Gasteiger partial charge on any atom is 0.257 e. The minimum absolute atomic E-state index is 0.117. The highest BCUT2D eigenvalue weighted by atomic mass is 32.2. The molecule has 0 spiro atoms. The number of aromatic nitrogens is 1. The molecule has 1 fully saturated rings. The summed E-state index contributed by atoms with van der Waals surface area (Å²) in [6.07, 6.45) is 1.69. The van der Waals surface area contributed by atoms with E-state index in [0.29, 0.717) is 29.5 Å². The van der Waals surface area contributed by atoms with E-state index in [1.165, 1.54) is 39.9 Å². The molecule has 0 aliphatic carbocycles. The molecule has 1 aromatic heterocycles. The van der Waals surface area contributed by atoms with Crippen LogP contribution in [-0.2, 0) is 10.0 Å². The van der Waals surface area contributed by atoms with Gasteiger partial charge in [-0.2, -0.15) is 4.31 Å². The number of benzene rings is 2. The smallest absolute Gasteiger partial charge is 0.257 e. The van der Waals surface area contributed by atoms with Gasteiger partial charge in [0, 0.05) is 29.6 Å². The Morgan fingerprint density at radius 1 is 1.13 bits per heavy atom. The highest BCUT2D eigenvalue weighted by molar-refractivity contribution is 7.89. The number of amides is 1. The number of thiazole rings is 1. The van der Waals surface area contributed by atoms with E-state index in [1.54, 1.807) is 30.5 Å². The van der Waals surface area contributed by atoms with Crippen molar-refractivity contribution in [1.29, 1.82) is 0 Å². The fourth-order valence-electron chi connectivity index (χ4n) is 3.33. The van der Waals surface area contributed by atoms with Crippen LogP contribution in [0.15, 0.2) is 52.7 Å². The predicted molar refractivity (Wildman–Crippen MR) is 115 cm³/mol. The fourth-order valence-corrected chi connectivity index (χ4v) is 5.59. The van der Waals surface area contributed by atoms with Crippen molar-refractivity contribution in [1.82, 2.24) is 9.29 Å². The Morgan fingerprint density at radius 3 is 2.53 bits per heavy atom. The average Bonchev–Trinajstić information content (AvgIpc) is 3.41. The van der Waals surface area contributed by atoms with Crippen LogP contribution in [0, 0.1) is 12.7 Å². The Bertz CT molecular complexity index is 1180. The molecule has 0 unspecified atom stereocenters. The Labute approximate surface area is 178 Å². The van der Waals surface area contributed by atoms with E-state index in [2.05, 4.69) is 10.3 Å². The van der Waals surface area contributed by atoms with E-state index in [0.717, 1.165) is 18.4 Å². The number of carbonyl (C=O) groups is 1. The zero-order valence-electron chi connectivity index (χ0n) is 16.3. The summed E-state index contributed by atoms with van der Waals surface area (Å²) in [4.78, 5) is 17.3. The maximum absolute atomic E-state index is 13.1. The van der Waals surface area contributed by atoms with Crippen molar-refractivity contribution in [2.45, 2.75) is 24.7 Å². The van der Waals surface area contributed by atoms with Crippen molar-refractivity contribution in [3.05, 3.63) is 64.8 Å². The summed E-state index contributed by atoms with van der Waals surface area (Å²) in [5.74, 6) is -0.757. The van der Waals surface area contributed by atoms with Gasteiger partial charge in [-0.25, -0.2) is 17.8 Å². The average molecular weight is 446 g/mol. The van der Waals surface area contributed by atoms with Crippen LogP contribution in [0.5, 0.6) is 0 Å². The molecule has 1 N–H and O–H groups in total. The van der Waals surface area contributed by atoms with Crippen molar-refractivity contribution >= 4 is 32.4 Å². The second kappa shape index (κ2) is 8.25. The lowest BCUT2D eigenvalue weighted by atomic mass is 10.1. The summed E-state index contributed by atoms with van der Waals surface area (Å²) < 4.78 is 40.2. The van der Waals surface area contributed by atoms with Gasteiger partial charge >= 0.3 is 0 Å². The normalized spacial score (nSPS) is 14.7. The first-order chi connectivity index (χ1) is 14.3. The van der Waals surface area contributed by atoms with Crippen LogP contribution < -0.4 is 5.32 Å². The quantitative estimate of drug-likeness (QED) is 0.635. The van der Waals surface area contributed by atoms with Crippen molar-refractivity contribution < 1.29 is 17.6 Å². The van der Waals surface area contributed by atoms with Crippen LogP contribution in [0.3, 0.4) is 0 Å². The van der Waals surface area contributed by atoms with Gasteiger partial charge < -0.3 is 0 Å². The molecule has 0 bridgehead atoms. The molecule has 1 saturated heterocycles. The van der Waals surface area contributed by atoms with Gasteiger partial charge in [0.2, 0.25) is 10.0 Å². The van der Waals surface area contributed by atoms with Gasteiger partial charge in [-0.15, -0.1) is 11.3 Å². The molecule has 2 aromatic carbocycles. The fraction of sp³-hybridized carbons (Fsp3) is 0.238. The molecular formula is C21H20FN3O3S2. The molecule has 1 aliphatic heterocycles. The molecule has 6 nitrogen and oxygen atoms in total. The number of halogens is 1. The summed E-state index contributed by atoms with van der Waals surface area (Å²) in [5, 5.41) is 4.88. The predicted octanol–water partition coefficient (Wildman–Crippen LogP) is 4.29. The number of aryl methyl sites for hydroxylation is 1. The van der Waals surface area contributed by atoms with Gasteiger partial charge in [-0.3, -0.25) is 10.1 Å². The summed E-state index contributed by atoms with van der Waals surface area (Å²) in [6.45, 7) is 2.76. The van der Waals surface area contributed by atoms with Crippen molar-refractivity contribution in [2.24, 2.45) is 0 Å². The zero-order chi connectivity index (χ0) is 21.3. The molecule has 0 radical (unpaired) electrons. The third-order valence-corrected chi connectivity index (χ3v) is 7.67. The first kappa shape index (κ1) is 20.6. The number of sulfonamides is 1. The summed E-state index contributed by atoms with van der Waals surface area (Å²) in [6, 6.07) is 10.5. The number of anilines is 1. The van der Waals surface area contributed by atoms with E-state index in [4.69, 9.17) is 0 Å². The molecule has 3 aromatic rings. The molecule has 156 valence electrons. The highest BCUT2D eigenvalue weighted by Gasteiger charge is 2.28. The molecule has 30 heavy (non-hydrogen) atoms. The topological polar surface area (TPSA) is 79.4 Å². The van der Waals surface area contributed by atoms with Crippen molar-refractivity contribution in [3.8, 4) is 11.3 Å². The first-order valence-corrected chi connectivity index (χ1v) is 11.8. The van der Waals surface area contributed by atoms with E-state index in [9.17, 15) is 17.6 Å². The van der Waals surface area contributed by atoms with E-state index in [1.807, 2.05) is 0 Å².